The largest absolute Gasteiger partial charge is 0.393 e. The van der Waals surface area contributed by atoms with E-state index in [4.69, 9.17) is 4.55 Å². The molecule has 0 aliphatic heterocycles. The summed E-state index contributed by atoms with van der Waals surface area (Å²) >= 11 is 0. The Labute approximate surface area is 86.1 Å². The summed E-state index contributed by atoms with van der Waals surface area (Å²) in [4.78, 5) is 0. The molecule has 4 nitrogen and oxygen atoms in total. The highest BCUT2D eigenvalue weighted by molar-refractivity contribution is 7.86. The fourth-order valence-electron chi connectivity index (χ4n) is 1.46. The van der Waals surface area contributed by atoms with E-state index in [9.17, 15) is 13.5 Å². The molecule has 0 spiro atoms. The maximum absolute atomic E-state index is 10.9. The third-order valence-corrected chi connectivity index (χ3v) is 3.46. The molecule has 14 heavy (non-hydrogen) atoms. The van der Waals surface area contributed by atoms with Crippen molar-refractivity contribution in [1.82, 2.24) is 0 Å². The third kappa shape index (κ3) is 5.57. The summed E-state index contributed by atoms with van der Waals surface area (Å²) in [6, 6.07) is 0. The Morgan fingerprint density at radius 2 is 1.64 bits per heavy atom. The standard InChI is InChI=1S/C9H20O4S/c1-3-5-8(10)7-9(6-4-2)14(11,12)13/h8-10H,3-7H2,1-2H3,(H,11,12,13). The van der Waals surface area contributed by atoms with Gasteiger partial charge in [-0.1, -0.05) is 26.7 Å². The Balaban J connectivity index is 4.24. The molecule has 0 fully saturated rings. The van der Waals surface area contributed by atoms with Crippen LogP contribution in [0.2, 0.25) is 0 Å². The molecular weight excluding hydrogens is 204 g/mol. The van der Waals surface area contributed by atoms with Crippen molar-refractivity contribution in [2.45, 2.75) is 57.3 Å². The first kappa shape index (κ1) is 13.9. The second-order valence-corrected chi connectivity index (χ2v) is 5.30. The Morgan fingerprint density at radius 1 is 1.14 bits per heavy atom. The molecular formula is C9H20O4S. The first-order valence-electron chi connectivity index (χ1n) is 5.06. The van der Waals surface area contributed by atoms with Gasteiger partial charge in [0.25, 0.3) is 10.1 Å². The average Bonchev–Trinajstić information content (AvgIpc) is 2.02. The molecule has 0 heterocycles. The van der Waals surface area contributed by atoms with Gasteiger partial charge in [0.2, 0.25) is 0 Å². The highest BCUT2D eigenvalue weighted by Crippen LogP contribution is 2.16. The fourth-order valence-corrected chi connectivity index (χ4v) is 2.46. The molecule has 0 aromatic carbocycles. The van der Waals surface area contributed by atoms with Crippen molar-refractivity contribution < 1.29 is 18.1 Å². The number of hydrogen-bond acceptors (Lipinski definition) is 3. The molecule has 0 aliphatic rings. The molecule has 0 amide bonds. The van der Waals surface area contributed by atoms with Crippen LogP contribution in [0.3, 0.4) is 0 Å². The summed E-state index contributed by atoms with van der Waals surface area (Å²) in [5.41, 5.74) is 0. The summed E-state index contributed by atoms with van der Waals surface area (Å²) in [6.07, 6.45) is 1.99. The third-order valence-electron chi connectivity index (χ3n) is 2.19. The topological polar surface area (TPSA) is 74.6 Å². The van der Waals surface area contributed by atoms with Crippen molar-refractivity contribution in [3.05, 3.63) is 0 Å². The number of aliphatic hydroxyl groups is 1. The predicted octanol–water partition coefficient (Wildman–Crippen LogP) is 1.59. The van der Waals surface area contributed by atoms with Crippen LogP contribution in [-0.4, -0.2) is 29.4 Å². The zero-order chi connectivity index (χ0) is 11.2. The van der Waals surface area contributed by atoms with Gasteiger partial charge in [-0.25, -0.2) is 0 Å². The van der Waals surface area contributed by atoms with Crippen LogP contribution < -0.4 is 0 Å². The molecule has 0 saturated heterocycles. The minimum absolute atomic E-state index is 0.139. The summed E-state index contributed by atoms with van der Waals surface area (Å²) in [5.74, 6) is 0. The molecule has 2 atom stereocenters. The van der Waals surface area contributed by atoms with Gasteiger partial charge in [-0.3, -0.25) is 4.55 Å². The lowest BCUT2D eigenvalue weighted by Gasteiger charge is -2.16. The van der Waals surface area contributed by atoms with E-state index in [1.165, 1.54) is 0 Å². The van der Waals surface area contributed by atoms with Gasteiger partial charge in [-0.05, 0) is 19.3 Å². The van der Waals surface area contributed by atoms with E-state index in [0.29, 0.717) is 19.3 Å². The van der Waals surface area contributed by atoms with Crippen LogP contribution in [0.25, 0.3) is 0 Å². The summed E-state index contributed by atoms with van der Waals surface area (Å²) in [5, 5.41) is 8.62. The van der Waals surface area contributed by atoms with Gasteiger partial charge in [0.1, 0.15) is 0 Å². The molecule has 0 aliphatic carbocycles. The molecule has 0 saturated carbocycles. The van der Waals surface area contributed by atoms with Crippen LogP contribution in [-0.2, 0) is 10.1 Å². The number of rotatable bonds is 7. The highest BCUT2D eigenvalue weighted by Gasteiger charge is 2.24. The van der Waals surface area contributed by atoms with Gasteiger partial charge in [-0.15, -0.1) is 0 Å². The van der Waals surface area contributed by atoms with Crippen LogP contribution in [0.1, 0.15) is 46.0 Å². The lowest BCUT2D eigenvalue weighted by atomic mass is 10.1. The van der Waals surface area contributed by atoms with E-state index >= 15 is 0 Å². The maximum atomic E-state index is 10.9. The molecule has 0 rings (SSSR count). The SMILES string of the molecule is CCCC(O)CC(CCC)S(=O)(=O)O. The molecule has 0 aromatic heterocycles. The Bertz CT molecular complexity index is 235. The molecule has 0 aromatic rings. The molecule has 2 unspecified atom stereocenters. The van der Waals surface area contributed by atoms with Crippen molar-refractivity contribution in [2.75, 3.05) is 0 Å². The Kier molecular flexibility index (Phi) is 6.31. The maximum Gasteiger partial charge on any atom is 0.267 e. The smallest absolute Gasteiger partial charge is 0.267 e. The van der Waals surface area contributed by atoms with Gasteiger partial charge in [0.05, 0.1) is 11.4 Å². The van der Waals surface area contributed by atoms with Crippen molar-refractivity contribution in [2.24, 2.45) is 0 Å². The van der Waals surface area contributed by atoms with Crippen molar-refractivity contribution in [3.8, 4) is 0 Å². The second-order valence-electron chi connectivity index (χ2n) is 3.60. The minimum atomic E-state index is -4.00. The van der Waals surface area contributed by atoms with Crippen LogP contribution in [0.4, 0.5) is 0 Å². The molecule has 0 radical (unpaired) electrons. The highest BCUT2D eigenvalue weighted by atomic mass is 32.2. The summed E-state index contributed by atoms with van der Waals surface area (Å²) in [7, 11) is -4.00. The van der Waals surface area contributed by atoms with Gasteiger partial charge in [0.15, 0.2) is 0 Å². The minimum Gasteiger partial charge on any atom is -0.393 e. The van der Waals surface area contributed by atoms with Crippen molar-refractivity contribution in [1.29, 1.82) is 0 Å². The lowest BCUT2D eigenvalue weighted by Crippen LogP contribution is -2.25. The Morgan fingerprint density at radius 3 is 2.00 bits per heavy atom. The monoisotopic (exact) mass is 224 g/mol. The number of aliphatic hydroxyl groups excluding tert-OH is 1. The van der Waals surface area contributed by atoms with Crippen LogP contribution >= 0.6 is 0 Å². The average molecular weight is 224 g/mol. The molecule has 0 bridgehead atoms. The van der Waals surface area contributed by atoms with Crippen molar-refractivity contribution >= 4 is 10.1 Å². The van der Waals surface area contributed by atoms with E-state index in [0.717, 1.165) is 6.42 Å². The zero-order valence-corrected chi connectivity index (χ0v) is 9.63. The number of hydrogen-bond donors (Lipinski definition) is 2. The van der Waals surface area contributed by atoms with E-state index in [2.05, 4.69) is 0 Å². The van der Waals surface area contributed by atoms with Gasteiger partial charge in [-0.2, -0.15) is 8.42 Å². The lowest BCUT2D eigenvalue weighted by molar-refractivity contribution is 0.149. The normalized spacial score (nSPS) is 16.6. The van der Waals surface area contributed by atoms with Crippen molar-refractivity contribution in [3.63, 3.8) is 0 Å². The van der Waals surface area contributed by atoms with E-state index in [1.807, 2.05) is 13.8 Å². The summed E-state index contributed by atoms with van der Waals surface area (Å²) < 4.78 is 30.7. The first-order chi connectivity index (χ1) is 6.41. The van der Waals surface area contributed by atoms with E-state index in [1.54, 1.807) is 0 Å². The van der Waals surface area contributed by atoms with E-state index < -0.39 is 21.5 Å². The van der Waals surface area contributed by atoms with Gasteiger partial charge >= 0.3 is 0 Å². The van der Waals surface area contributed by atoms with Crippen LogP contribution in [0, 0.1) is 0 Å². The quantitative estimate of drug-likeness (QED) is 0.644. The van der Waals surface area contributed by atoms with Gasteiger partial charge < -0.3 is 5.11 Å². The zero-order valence-electron chi connectivity index (χ0n) is 8.81. The fraction of sp³-hybridized carbons (Fsp3) is 1.00. The van der Waals surface area contributed by atoms with E-state index in [-0.39, 0.29) is 6.42 Å². The molecule has 86 valence electrons. The summed E-state index contributed by atoms with van der Waals surface area (Å²) in [6.45, 7) is 3.77. The molecule has 2 N–H and O–H groups in total. The first-order valence-corrected chi connectivity index (χ1v) is 6.56. The Hall–Kier alpha value is -0.130. The second kappa shape index (κ2) is 6.37. The molecule has 5 heteroatoms. The van der Waals surface area contributed by atoms with Crippen LogP contribution in [0.15, 0.2) is 0 Å². The van der Waals surface area contributed by atoms with Crippen LogP contribution in [0.5, 0.6) is 0 Å². The predicted molar refractivity (Wildman–Crippen MR) is 55.8 cm³/mol. The van der Waals surface area contributed by atoms with Gasteiger partial charge in [0, 0.05) is 0 Å².